The lowest BCUT2D eigenvalue weighted by Gasteiger charge is -2.25. The van der Waals surface area contributed by atoms with Gasteiger partial charge in [0.15, 0.2) is 0 Å². The Kier molecular flexibility index (Phi) is 6.80. The number of Topliss-reactive ketones (excluding diaryl/α,β-unsaturated/α-hetero) is 1. The number of anilines is 1. The molecule has 1 atom stereocenters. The van der Waals surface area contributed by atoms with Crippen molar-refractivity contribution in [3.63, 3.8) is 0 Å². The summed E-state index contributed by atoms with van der Waals surface area (Å²) in [5.41, 5.74) is 1.76. The van der Waals surface area contributed by atoms with Gasteiger partial charge in [-0.05, 0) is 60.5 Å². The number of ether oxygens (including phenoxy) is 1. The van der Waals surface area contributed by atoms with Gasteiger partial charge in [-0.2, -0.15) is 0 Å². The van der Waals surface area contributed by atoms with E-state index in [1.165, 1.54) is 4.90 Å². The van der Waals surface area contributed by atoms with E-state index in [0.29, 0.717) is 40.4 Å². The maximum absolute atomic E-state index is 13.2. The van der Waals surface area contributed by atoms with Crippen LogP contribution in [0.4, 0.5) is 5.69 Å². The van der Waals surface area contributed by atoms with E-state index in [4.69, 9.17) is 16.3 Å². The molecule has 1 amide bonds. The Hall–Kier alpha value is -3.90. The number of esters is 1. The van der Waals surface area contributed by atoms with Crippen molar-refractivity contribution < 1.29 is 24.2 Å². The molecule has 1 N–H and O–H groups in total. The zero-order valence-electron chi connectivity index (χ0n) is 18.4. The van der Waals surface area contributed by atoms with E-state index >= 15 is 0 Å². The lowest BCUT2D eigenvalue weighted by atomic mass is 9.95. The highest BCUT2D eigenvalue weighted by Gasteiger charge is 2.46. The molecule has 0 spiro atoms. The lowest BCUT2D eigenvalue weighted by molar-refractivity contribution is -0.132. The number of halogens is 1. The van der Waals surface area contributed by atoms with Crippen molar-refractivity contribution in [2.24, 2.45) is 0 Å². The molecule has 1 unspecified atom stereocenters. The molecular formula is C27H22ClNO5. The zero-order valence-corrected chi connectivity index (χ0v) is 19.2. The standard InChI is InChI=1S/C27H22ClNO5/c1-2-16-34-27(33)19-10-14-21(15-11-19)29-23(17-6-4-3-5-7-17)22(25(31)26(29)32)24(30)18-8-12-20(28)13-9-18/h3-15,23,30H,2,16H2,1H3/b24-22+. The van der Waals surface area contributed by atoms with E-state index < -0.39 is 23.7 Å². The summed E-state index contributed by atoms with van der Waals surface area (Å²) in [6.45, 7) is 2.22. The second-order valence-corrected chi connectivity index (χ2v) is 8.21. The predicted molar refractivity (Wildman–Crippen MR) is 130 cm³/mol. The summed E-state index contributed by atoms with van der Waals surface area (Å²) >= 11 is 5.96. The van der Waals surface area contributed by atoms with Gasteiger partial charge in [0.2, 0.25) is 0 Å². The molecule has 0 aromatic heterocycles. The van der Waals surface area contributed by atoms with Crippen molar-refractivity contribution in [3.05, 3.63) is 106 Å². The summed E-state index contributed by atoms with van der Waals surface area (Å²) in [5.74, 6) is -2.32. The minimum absolute atomic E-state index is 0.0232. The highest BCUT2D eigenvalue weighted by molar-refractivity contribution is 6.51. The first-order chi connectivity index (χ1) is 16.4. The zero-order chi connectivity index (χ0) is 24.2. The van der Waals surface area contributed by atoms with E-state index in [1.807, 2.05) is 13.0 Å². The second kappa shape index (κ2) is 9.93. The van der Waals surface area contributed by atoms with Gasteiger partial charge in [0.25, 0.3) is 11.7 Å². The fraction of sp³-hybridized carbons (Fsp3) is 0.148. The molecule has 3 aromatic carbocycles. The molecule has 4 rings (SSSR count). The summed E-state index contributed by atoms with van der Waals surface area (Å²) in [6, 6.07) is 20.8. The third kappa shape index (κ3) is 4.45. The Morgan fingerprint density at radius 2 is 1.56 bits per heavy atom. The van der Waals surface area contributed by atoms with Gasteiger partial charge in [0.1, 0.15) is 5.76 Å². The van der Waals surface area contributed by atoms with Crippen molar-refractivity contribution in [1.82, 2.24) is 0 Å². The van der Waals surface area contributed by atoms with Gasteiger partial charge >= 0.3 is 5.97 Å². The number of amides is 1. The van der Waals surface area contributed by atoms with Gasteiger partial charge in [-0.15, -0.1) is 0 Å². The Labute approximate surface area is 202 Å². The first-order valence-corrected chi connectivity index (χ1v) is 11.2. The van der Waals surface area contributed by atoms with Crippen LogP contribution in [0.5, 0.6) is 0 Å². The van der Waals surface area contributed by atoms with Crippen LogP contribution in [0.1, 0.15) is 40.9 Å². The largest absolute Gasteiger partial charge is 0.507 e. The molecule has 1 aliphatic heterocycles. The summed E-state index contributed by atoms with van der Waals surface area (Å²) in [4.78, 5) is 39.8. The lowest BCUT2D eigenvalue weighted by Crippen LogP contribution is -2.29. The van der Waals surface area contributed by atoms with Crippen LogP contribution in [-0.4, -0.2) is 29.4 Å². The number of aliphatic hydroxyl groups excluding tert-OH is 1. The van der Waals surface area contributed by atoms with Crippen LogP contribution in [0.2, 0.25) is 5.02 Å². The Morgan fingerprint density at radius 3 is 2.18 bits per heavy atom. The SMILES string of the molecule is CCCOC(=O)c1ccc(N2C(=O)C(=O)/C(=C(/O)c3ccc(Cl)cc3)C2c2ccccc2)cc1. The number of ketones is 1. The van der Waals surface area contributed by atoms with Gasteiger partial charge in [0, 0.05) is 16.3 Å². The van der Waals surface area contributed by atoms with E-state index in [0.717, 1.165) is 0 Å². The predicted octanol–water partition coefficient (Wildman–Crippen LogP) is 5.53. The molecule has 1 fully saturated rings. The highest BCUT2D eigenvalue weighted by atomic mass is 35.5. The van der Waals surface area contributed by atoms with Crippen LogP contribution >= 0.6 is 11.6 Å². The van der Waals surface area contributed by atoms with E-state index in [1.54, 1.807) is 72.8 Å². The molecule has 7 heteroatoms. The molecule has 0 bridgehead atoms. The summed E-state index contributed by atoms with van der Waals surface area (Å²) in [5, 5.41) is 11.6. The van der Waals surface area contributed by atoms with Crippen molar-refractivity contribution in [2.75, 3.05) is 11.5 Å². The fourth-order valence-corrected chi connectivity index (χ4v) is 3.98. The molecule has 1 aliphatic rings. The average Bonchev–Trinajstić information content (AvgIpc) is 3.13. The Balaban J connectivity index is 1.80. The van der Waals surface area contributed by atoms with Crippen LogP contribution in [0.25, 0.3) is 5.76 Å². The topological polar surface area (TPSA) is 83.9 Å². The maximum Gasteiger partial charge on any atom is 0.338 e. The van der Waals surface area contributed by atoms with Gasteiger partial charge in [-0.1, -0.05) is 48.9 Å². The molecule has 3 aromatic rings. The smallest absolute Gasteiger partial charge is 0.338 e. The van der Waals surface area contributed by atoms with Crippen LogP contribution in [0.15, 0.2) is 84.4 Å². The molecule has 34 heavy (non-hydrogen) atoms. The van der Waals surface area contributed by atoms with E-state index in [2.05, 4.69) is 0 Å². The molecule has 1 saturated heterocycles. The van der Waals surface area contributed by atoms with E-state index in [-0.39, 0.29) is 11.3 Å². The molecule has 0 saturated carbocycles. The van der Waals surface area contributed by atoms with Crippen molar-refractivity contribution >= 4 is 40.7 Å². The minimum Gasteiger partial charge on any atom is -0.507 e. The van der Waals surface area contributed by atoms with Gasteiger partial charge in [-0.25, -0.2) is 4.79 Å². The van der Waals surface area contributed by atoms with Crippen molar-refractivity contribution in [2.45, 2.75) is 19.4 Å². The molecule has 6 nitrogen and oxygen atoms in total. The van der Waals surface area contributed by atoms with Crippen LogP contribution in [0, 0.1) is 0 Å². The first kappa shape index (κ1) is 23.3. The quantitative estimate of drug-likeness (QED) is 0.219. The number of rotatable bonds is 6. The highest BCUT2D eigenvalue weighted by Crippen LogP contribution is 2.42. The van der Waals surface area contributed by atoms with Crippen molar-refractivity contribution in [3.8, 4) is 0 Å². The molecule has 0 radical (unpaired) electrons. The van der Waals surface area contributed by atoms with Crippen LogP contribution in [0.3, 0.4) is 0 Å². The van der Waals surface area contributed by atoms with Crippen LogP contribution < -0.4 is 4.90 Å². The maximum atomic E-state index is 13.2. The number of nitrogens with zero attached hydrogens (tertiary/aromatic N) is 1. The number of hydrogen-bond donors (Lipinski definition) is 1. The molecule has 0 aliphatic carbocycles. The number of aliphatic hydroxyl groups is 1. The Bertz CT molecular complexity index is 1250. The normalized spacial score (nSPS) is 17.1. The molecule has 172 valence electrons. The first-order valence-electron chi connectivity index (χ1n) is 10.8. The second-order valence-electron chi connectivity index (χ2n) is 7.77. The third-order valence-corrected chi connectivity index (χ3v) is 5.75. The third-order valence-electron chi connectivity index (χ3n) is 5.50. The van der Waals surface area contributed by atoms with Crippen LogP contribution in [-0.2, 0) is 14.3 Å². The fourth-order valence-electron chi connectivity index (χ4n) is 3.85. The summed E-state index contributed by atoms with van der Waals surface area (Å²) < 4.78 is 5.15. The van der Waals surface area contributed by atoms with Gasteiger partial charge in [0.05, 0.1) is 23.8 Å². The number of benzene rings is 3. The summed E-state index contributed by atoms with van der Waals surface area (Å²) in [7, 11) is 0. The minimum atomic E-state index is -0.852. The van der Waals surface area contributed by atoms with Gasteiger partial charge < -0.3 is 9.84 Å². The molecular weight excluding hydrogens is 454 g/mol. The number of hydrogen-bond acceptors (Lipinski definition) is 5. The van der Waals surface area contributed by atoms with Gasteiger partial charge in [-0.3, -0.25) is 14.5 Å². The van der Waals surface area contributed by atoms with Crippen molar-refractivity contribution in [1.29, 1.82) is 0 Å². The number of carbonyl (C=O) groups is 3. The molecule has 1 heterocycles. The monoisotopic (exact) mass is 475 g/mol. The number of carbonyl (C=O) groups excluding carboxylic acids is 3. The Morgan fingerprint density at radius 1 is 0.941 bits per heavy atom. The summed E-state index contributed by atoms with van der Waals surface area (Å²) in [6.07, 6.45) is 0.708. The van der Waals surface area contributed by atoms with E-state index in [9.17, 15) is 19.5 Å². The average molecular weight is 476 g/mol.